The summed E-state index contributed by atoms with van der Waals surface area (Å²) in [5, 5.41) is 18.9. The van der Waals surface area contributed by atoms with Crippen molar-refractivity contribution in [2.24, 2.45) is 10.7 Å². The van der Waals surface area contributed by atoms with E-state index in [1.807, 2.05) is 0 Å². The summed E-state index contributed by atoms with van der Waals surface area (Å²) in [4.78, 5) is 30.6. The lowest BCUT2D eigenvalue weighted by Crippen LogP contribution is -2.27. The number of ketones is 1. The lowest BCUT2D eigenvalue weighted by atomic mass is 9.84. The van der Waals surface area contributed by atoms with Crippen molar-refractivity contribution in [1.29, 1.82) is 0 Å². The van der Waals surface area contributed by atoms with Gasteiger partial charge >= 0.3 is 7.75 Å². The van der Waals surface area contributed by atoms with Gasteiger partial charge in [-0.1, -0.05) is 19.1 Å². The van der Waals surface area contributed by atoms with Gasteiger partial charge in [0.05, 0.1) is 11.6 Å². The maximum absolute atomic E-state index is 12.6. The number of carbonyl (C=O) groups excluding carboxylic acids is 1. The van der Waals surface area contributed by atoms with Gasteiger partial charge in [-0.2, -0.15) is 4.76 Å². The third-order valence-electron chi connectivity index (χ3n) is 3.45. The van der Waals surface area contributed by atoms with Crippen molar-refractivity contribution in [2.75, 3.05) is 0 Å². The first-order valence-corrected chi connectivity index (χ1v) is 8.31. The second-order valence-corrected chi connectivity index (χ2v) is 6.38. The standard InChI is InChI=1S/C15H16NO6P/c1-9(10-2-4-11(17)5-3-10)15(19)13-8-12(18)6-7-14(13)16-23(20,21)22/h2-9,13,17-18H,1H3,(H2,20,21,22). The minimum atomic E-state index is -4.70. The van der Waals surface area contributed by atoms with E-state index in [0.717, 1.165) is 0 Å². The molecule has 0 amide bonds. The Morgan fingerprint density at radius 1 is 1.17 bits per heavy atom. The predicted molar refractivity (Wildman–Crippen MR) is 84.3 cm³/mol. The van der Waals surface area contributed by atoms with Crippen LogP contribution in [0.25, 0.3) is 0 Å². The first-order valence-electron chi connectivity index (χ1n) is 6.74. The molecule has 1 aliphatic rings. The van der Waals surface area contributed by atoms with Crippen LogP contribution in [-0.4, -0.2) is 31.5 Å². The number of allylic oxidation sites excluding steroid dienone is 3. The molecular formula is C15H16NO6P. The molecule has 4 N–H and O–H groups in total. The van der Waals surface area contributed by atoms with Gasteiger partial charge in [0.15, 0.2) is 5.78 Å². The monoisotopic (exact) mass is 337 g/mol. The lowest BCUT2D eigenvalue weighted by Gasteiger charge is -2.20. The third kappa shape index (κ3) is 4.39. The Morgan fingerprint density at radius 2 is 1.78 bits per heavy atom. The van der Waals surface area contributed by atoms with Crippen molar-refractivity contribution in [2.45, 2.75) is 12.8 Å². The average molecular weight is 337 g/mol. The van der Waals surface area contributed by atoms with Crippen LogP contribution in [0.15, 0.2) is 53.0 Å². The van der Waals surface area contributed by atoms with Gasteiger partial charge in [-0.3, -0.25) is 4.79 Å². The number of carbonyl (C=O) groups is 1. The number of hydrogen-bond acceptors (Lipinski definition) is 4. The van der Waals surface area contributed by atoms with E-state index in [0.29, 0.717) is 5.56 Å². The molecule has 0 saturated carbocycles. The van der Waals surface area contributed by atoms with E-state index in [4.69, 9.17) is 9.79 Å². The molecule has 1 aromatic carbocycles. The van der Waals surface area contributed by atoms with E-state index < -0.39 is 19.6 Å². The Balaban J connectivity index is 2.34. The summed E-state index contributed by atoms with van der Waals surface area (Å²) in [5.74, 6) is -2.16. The van der Waals surface area contributed by atoms with Gasteiger partial charge in [0.1, 0.15) is 11.5 Å². The predicted octanol–water partition coefficient (Wildman–Crippen LogP) is 2.23. The van der Waals surface area contributed by atoms with Gasteiger partial charge in [-0.15, -0.1) is 0 Å². The highest BCUT2D eigenvalue weighted by Gasteiger charge is 2.30. The Labute approximate surface area is 132 Å². The van der Waals surface area contributed by atoms with Gasteiger partial charge in [-0.05, 0) is 35.9 Å². The summed E-state index contributed by atoms with van der Waals surface area (Å²) in [6, 6.07) is 6.05. The van der Waals surface area contributed by atoms with Gasteiger partial charge in [0.25, 0.3) is 0 Å². The molecule has 0 aliphatic heterocycles. The van der Waals surface area contributed by atoms with Crippen LogP contribution >= 0.6 is 7.75 Å². The Morgan fingerprint density at radius 3 is 2.35 bits per heavy atom. The number of aliphatic hydroxyl groups is 1. The number of Topliss-reactive ketones (excluding diaryl/α,β-unsaturated/α-hetero) is 1. The zero-order valence-corrected chi connectivity index (χ0v) is 13.1. The van der Waals surface area contributed by atoms with E-state index in [2.05, 4.69) is 4.76 Å². The molecule has 122 valence electrons. The number of rotatable bonds is 4. The fraction of sp³-hybridized carbons (Fsp3) is 0.200. The molecule has 2 atom stereocenters. The number of aromatic hydroxyl groups is 1. The first kappa shape index (κ1) is 17.1. The molecule has 7 nitrogen and oxygen atoms in total. The minimum Gasteiger partial charge on any atom is -0.508 e. The smallest absolute Gasteiger partial charge is 0.448 e. The van der Waals surface area contributed by atoms with E-state index in [9.17, 15) is 19.6 Å². The van der Waals surface area contributed by atoms with Crippen LogP contribution in [-0.2, 0) is 9.36 Å². The topological polar surface area (TPSA) is 127 Å². The average Bonchev–Trinajstić information content (AvgIpc) is 2.47. The second-order valence-electron chi connectivity index (χ2n) is 5.16. The highest BCUT2D eigenvalue weighted by molar-refractivity contribution is 7.50. The van der Waals surface area contributed by atoms with Crippen molar-refractivity contribution < 1.29 is 29.4 Å². The Hall–Kier alpha value is -2.21. The summed E-state index contributed by atoms with van der Waals surface area (Å²) in [7, 11) is -4.70. The SMILES string of the molecule is CC(C(=O)C1C=C(O)C=CC1=NP(=O)(O)O)c1ccc(O)cc1. The summed E-state index contributed by atoms with van der Waals surface area (Å²) in [6.45, 7) is 1.63. The number of aliphatic hydroxyl groups excluding tert-OH is 1. The molecule has 0 fully saturated rings. The second kappa shape index (κ2) is 6.50. The molecule has 0 bridgehead atoms. The lowest BCUT2D eigenvalue weighted by molar-refractivity contribution is -0.121. The van der Waals surface area contributed by atoms with Gasteiger partial charge in [0, 0.05) is 5.92 Å². The summed E-state index contributed by atoms with van der Waals surface area (Å²) >= 11 is 0. The number of hydrogen-bond donors (Lipinski definition) is 4. The molecule has 1 aliphatic carbocycles. The van der Waals surface area contributed by atoms with Gasteiger partial charge < -0.3 is 20.0 Å². The van der Waals surface area contributed by atoms with Crippen LogP contribution in [0.2, 0.25) is 0 Å². The third-order valence-corrected chi connectivity index (χ3v) is 3.94. The zero-order valence-electron chi connectivity index (χ0n) is 12.2. The number of benzene rings is 1. The van der Waals surface area contributed by atoms with Crippen LogP contribution in [0.3, 0.4) is 0 Å². The zero-order chi connectivity index (χ0) is 17.2. The van der Waals surface area contributed by atoms with Crippen molar-refractivity contribution in [3.63, 3.8) is 0 Å². The summed E-state index contributed by atoms with van der Waals surface area (Å²) in [6.07, 6.45) is 3.62. The largest absolute Gasteiger partial charge is 0.508 e. The highest BCUT2D eigenvalue weighted by Crippen LogP contribution is 2.38. The quantitative estimate of drug-likeness (QED) is 0.624. The molecule has 0 spiro atoms. The molecule has 0 heterocycles. The molecule has 8 heteroatoms. The van der Waals surface area contributed by atoms with Crippen LogP contribution in [0.1, 0.15) is 18.4 Å². The fourth-order valence-electron chi connectivity index (χ4n) is 2.26. The van der Waals surface area contributed by atoms with E-state index in [1.165, 1.54) is 30.4 Å². The van der Waals surface area contributed by atoms with Crippen molar-refractivity contribution in [1.82, 2.24) is 0 Å². The molecule has 1 aromatic rings. The highest BCUT2D eigenvalue weighted by atomic mass is 31.2. The molecule has 2 rings (SSSR count). The summed E-state index contributed by atoms with van der Waals surface area (Å²) < 4.78 is 14.4. The van der Waals surface area contributed by atoms with E-state index >= 15 is 0 Å². The van der Waals surface area contributed by atoms with Crippen molar-refractivity contribution in [3.05, 3.63) is 53.8 Å². The maximum Gasteiger partial charge on any atom is 0.448 e. The molecule has 0 radical (unpaired) electrons. The molecule has 2 unspecified atom stereocenters. The number of nitrogens with zero attached hydrogens (tertiary/aromatic N) is 1. The van der Waals surface area contributed by atoms with Crippen LogP contribution in [0.4, 0.5) is 0 Å². The molecule has 23 heavy (non-hydrogen) atoms. The molecule has 0 saturated heterocycles. The normalized spacial score (nSPS) is 21.1. The minimum absolute atomic E-state index is 0.0651. The Kier molecular flexibility index (Phi) is 4.85. The maximum atomic E-state index is 12.6. The van der Waals surface area contributed by atoms with Crippen LogP contribution < -0.4 is 0 Å². The van der Waals surface area contributed by atoms with Gasteiger partial charge in [-0.25, -0.2) is 4.57 Å². The van der Waals surface area contributed by atoms with Crippen LogP contribution in [0, 0.1) is 5.92 Å². The number of phenolic OH excluding ortho intramolecular Hbond substituents is 1. The number of phenols is 1. The fourth-order valence-corrected chi connectivity index (χ4v) is 2.75. The van der Waals surface area contributed by atoms with Crippen molar-refractivity contribution >= 4 is 19.2 Å². The van der Waals surface area contributed by atoms with Crippen molar-refractivity contribution in [3.8, 4) is 5.75 Å². The Bertz CT molecular complexity index is 744. The van der Waals surface area contributed by atoms with E-state index in [-0.39, 0.29) is 23.0 Å². The van der Waals surface area contributed by atoms with Crippen LogP contribution in [0.5, 0.6) is 5.75 Å². The first-order chi connectivity index (χ1) is 10.7. The molecule has 0 aromatic heterocycles. The van der Waals surface area contributed by atoms with E-state index in [1.54, 1.807) is 19.1 Å². The van der Waals surface area contributed by atoms with Gasteiger partial charge in [0.2, 0.25) is 0 Å². The summed E-state index contributed by atoms with van der Waals surface area (Å²) in [5.41, 5.74) is 0.525. The molecular weight excluding hydrogens is 321 g/mol.